The fourth-order valence-corrected chi connectivity index (χ4v) is 4.56. The molecule has 0 unspecified atom stereocenters. The van der Waals surface area contributed by atoms with Crippen molar-refractivity contribution in [2.45, 2.75) is 18.2 Å². The number of halogens is 1. The van der Waals surface area contributed by atoms with Gasteiger partial charge in [-0.25, -0.2) is 12.7 Å². The highest BCUT2D eigenvalue weighted by Crippen LogP contribution is 2.31. The molecule has 3 rings (SSSR count). The van der Waals surface area contributed by atoms with Crippen molar-refractivity contribution >= 4 is 34.2 Å². The Labute approximate surface area is 147 Å². The third kappa shape index (κ3) is 3.01. The van der Waals surface area contributed by atoms with Gasteiger partial charge in [0.05, 0.1) is 5.56 Å². The van der Waals surface area contributed by atoms with Gasteiger partial charge in [-0.15, -0.1) is 12.4 Å². The van der Waals surface area contributed by atoms with E-state index < -0.39 is 15.9 Å². The van der Waals surface area contributed by atoms with Crippen LogP contribution in [0.15, 0.2) is 23.1 Å². The molecule has 0 aromatic heterocycles. The van der Waals surface area contributed by atoms with Gasteiger partial charge in [0.15, 0.2) is 0 Å². The van der Waals surface area contributed by atoms with Crippen molar-refractivity contribution in [2.24, 2.45) is 0 Å². The van der Waals surface area contributed by atoms with E-state index in [9.17, 15) is 18.0 Å². The van der Waals surface area contributed by atoms with E-state index in [1.807, 2.05) is 0 Å². The summed E-state index contributed by atoms with van der Waals surface area (Å²) in [6.45, 7) is 4.49. The van der Waals surface area contributed by atoms with Gasteiger partial charge in [0.1, 0.15) is 4.90 Å². The van der Waals surface area contributed by atoms with Crippen LogP contribution in [-0.4, -0.2) is 62.2 Å². The predicted octanol–water partition coefficient (Wildman–Crippen LogP) is 0.708. The number of fused-ring (bicyclic) bond motifs is 1. The van der Waals surface area contributed by atoms with Crippen molar-refractivity contribution in [1.82, 2.24) is 14.5 Å². The van der Waals surface area contributed by atoms with Crippen LogP contribution in [-0.2, 0) is 10.0 Å². The maximum absolute atomic E-state index is 12.6. The molecule has 7 nitrogen and oxygen atoms in total. The number of benzene rings is 1. The van der Waals surface area contributed by atoms with Gasteiger partial charge in [0, 0.05) is 31.7 Å². The van der Waals surface area contributed by atoms with Crippen LogP contribution in [0.2, 0.25) is 0 Å². The standard InChI is InChI=1S/C15H19N3O4S.ClH/c1-2-18-15(20)12-5-4-11(10-13(12)23(18,21)22)14(19)17-8-3-6-16-7-9-17;/h4-5,10,16H,2-3,6-9H2,1H3;1H. The number of nitrogens with one attached hydrogen (secondary N) is 1. The maximum atomic E-state index is 12.6. The summed E-state index contributed by atoms with van der Waals surface area (Å²) >= 11 is 0. The first-order valence-electron chi connectivity index (χ1n) is 7.68. The van der Waals surface area contributed by atoms with Crippen molar-refractivity contribution < 1.29 is 18.0 Å². The fourth-order valence-electron chi connectivity index (χ4n) is 2.95. The van der Waals surface area contributed by atoms with Crippen LogP contribution in [0.25, 0.3) is 0 Å². The van der Waals surface area contributed by atoms with E-state index in [-0.39, 0.29) is 35.3 Å². The first kappa shape index (κ1) is 18.7. The molecule has 0 bridgehead atoms. The summed E-state index contributed by atoms with van der Waals surface area (Å²) in [5, 5.41) is 3.22. The smallest absolute Gasteiger partial charge is 0.268 e. The Hall–Kier alpha value is -1.64. The molecule has 0 spiro atoms. The number of hydrogen-bond donors (Lipinski definition) is 1. The molecule has 9 heteroatoms. The van der Waals surface area contributed by atoms with Crippen molar-refractivity contribution in [3.63, 3.8) is 0 Å². The third-order valence-corrected chi connectivity index (χ3v) is 6.07. The molecule has 1 N–H and O–H groups in total. The van der Waals surface area contributed by atoms with E-state index in [1.54, 1.807) is 11.8 Å². The number of rotatable bonds is 2. The summed E-state index contributed by atoms with van der Waals surface area (Å²) in [6, 6.07) is 4.30. The first-order chi connectivity index (χ1) is 11.0. The largest absolute Gasteiger partial charge is 0.337 e. The van der Waals surface area contributed by atoms with Gasteiger partial charge in [0.25, 0.3) is 21.8 Å². The second kappa shape index (κ2) is 7.08. The quantitative estimate of drug-likeness (QED) is 0.825. The monoisotopic (exact) mass is 373 g/mol. The van der Waals surface area contributed by atoms with Gasteiger partial charge in [-0.1, -0.05) is 0 Å². The van der Waals surface area contributed by atoms with Gasteiger partial charge >= 0.3 is 0 Å². The van der Waals surface area contributed by atoms with Gasteiger partial charge in [-0.2, -0.15) is 0 Å². The summed E-state index contributed by atoms with van der Waals surface area (Å²) < 4.78 is 25.6. The lowest BCUT2D eigenvalue weighted by molar-refractivity contribution is 0.0765. The normalized spacial score (nSPS) is 19.5. The van der Waals surface area contributed by atoms with Gasteiger partial charge in [0.2, 0.25) is 0 Å². The molecule has 24 heavy (non-hydrogen) atoms. The highest BCUT2D eigenvalue weighted by atomic mass is 35.5. The van der Waals surface area contributed by atoms with Gasteiger partial charge in [-0.3, -0.25) is 9.59 Å². The number of sulfonamides is 1. The van der Waals surface area contributed by atoms with Crippen LogP contribution in [0.1, 0.15) is 34.1 Å². The molecule has 0 radical (unpaired) electrons. The molecular formula is C15H20ClN3O4S. The minimum atomic E-state index is -3.84. The lowest BCUT2D eigenvalue weighted by Gasteiger charge is -2.20. The molecular weight excluding hydrogens is 354 g/mol. The maximum Gasteiger partial charge on any atom is 0.268 e. The molecule has 1 fully saturated rings. The first-order valence-corrected chi connectivity index (χ1v) is 9.12. The van der Waals surface area contributed by atoms with Crippen LogP contribution in [0.4, 0.5) is 0 Å². The number of carbonyl (C=O) groups excluding carboxylic acids is 2. The van der Waals surface area contributed by atoms with Crippen molar-refractivity contribution in [3.8, 4) is 0 Å². The molecule has 2 aliphatic rings. The van der Waals surface area contributed by atoms with E-state index in [2.05, 4.69) is 5.32 Å². The molecule has 132 valence electrons. The molecule has 2 aliphatic heterocycles. The predicted molar refractivity (Wildman–Crippen MR) is 91.0 cm³/mol. The molecule has 1 saturated heterocycles. The molecule has 0 saturated carbocycles. The lowest BCUT2D eigenvalue weighted by Crippen LogP contribution is -2.34. The Bertz CT molecular complexity index is 758. The summed E-state index contributed by atoms with van der Waals surface area (Å²) in [5.41, 5.74) is 0.445. The number of amides is 2. The topological polar surface area (TPSA) is 86.8 Å². The average Bonchev–Trinajstić information content (AvgIpc) is 2.75. The Morgan fingerprint density at radius 2 is 2.00 bits per heavy atom. The van der Waals surface area contributed by atoms with Crippen molar-refractivity contribution in [2.75, 3.05) is 32.7 Å². The molecule has 2 heterocycles. The summed E-state index contributed by atoms with van der Waals surface area (Å²) in [5.74, 6) is -0.727. The zero-order valence-electron chi connectivity index (χ0n) is 13.3. The summed E-state index contributed by atoms with van der Waals surface area (Å²) in [4.78, 5) is 26.4. The van der Waals surface area contributed by atoms with Crippen LogP contribution in [0.3, 0.4) is 0 Å². The van der Waals surface area contributed by atoms with Gasteiger partial charge in [-0.05, 0) is 38.1 Å². The van der Waals surface area contributed by atoms with E-state index in [1.165, 1.54) is 18.2 Å². The van der Waals surface area contributed by atoms with Crippen molar-refractivity contribution in [1.29, 1.82) is 0 Å². The Balaban J connectivity index is 0.00000208. The molecule has 0 atom stereocenters. The van der Waals surface area contributed by atoms with Crippen molar-refractivity contribution in [3.05, 3.63) is 29.3 Å². The zero-order valence-corrected chi connectivity index (χ0v) is 15.0. The van der Waals surface area contributed by atoms with Crippen LogP contribution < -0.4 is 5.32 Å². The zero-order chi connectivity index (χ0) is 16.6. The Kier molecular flexibility index (Phi) is 5.52. The van der Waals surface area contributed by atoms with Gasteiger partial charge < -0.3 is 10.2 Å². The Morgan fingerprint density at radius 3 is 2.71 bits per heavy atom. The van der Waals surface area contributed by atoms with Crippen LogP contribution in [0, 0.1) is 0 Å². The second-order valence-electron chi connectivity index (χ2n) is 5.58. The van der Waals surface area contributed by atoms with E-state index >= 15 is 0 Å². The SMILES string of the molecule is CCN1C(=O)c2ccc(C(=O)N3CCCNCC3)cc2S1(=O)=O.Cl. The third-order valence-electron chi connectivity index (χ3n) is 4.17. The summed E-state index contributed by atoms with van der Waals surface area (Å²) in [6.07, 6.45) is 0.858. The highest BCUT2D eigenvalue weighted by molar-refractivity contribution is 7.90. The minimum Gasteiger partial charge on any atom is -0.337 e. The molecule has 0 aliphatic carbocycles. The van der Waals surface area contributed by atoms with E-state index in [4.69, 9.17) is 0 Å². The lowest BCUT2D eigenvalue weighted by atomic mass is 10.1. The Morgan fingerprint density at radius 1 is 1.25 bits per heavy atom. The number of carbonyl (C=O) groups is 2. The van der Waals surface area contributed by atoms with Crippen LogP contribution in [0.5, 0.6) is 0 Å². The average molecular weight is 374 g/mol. The number of hydrogen-bond acceptors (Lipinski definition) is 5. The summed E-state index contributed by atoms with van der Waals surface area (Å²) in [7, 11) is -3.84. The molecule has 1 aromatic rings. The van der Waals surface area contributed by atoms with Crippen LogP contribution >= 0.6 is 12.4 Å². The van der Waals surface area contributed by atoms with E-state index in [0.717, 1.165) is 23.8 Å². The van der Waals surface area contributed by atoms with E-state index in [0.29, 0.717) is 18.7 Å². The fraction of sp³-hybridized carbons (Fsp3) is 0.467. The highest BCUT2D eigenvalue weighted by Gasteiger charge is 2.40. The number of nitrogens with zero attached hydrogens (tertiary/aromatic N) is 2. The molecule has 1 aromatic carbocycles. The minimum absolute atomic E-state index is 0. The molecule has 2 amide bonds. The second-order valence-corrected chi connectivity index (χ2v) is 7.41.